The Hall–Kier alpha value is -1.90. The summed E-state index contributed by atoms with van der Waals surface area (Å²) in [6, 6.07) is 10.2. The zero-order valence-corrected chi connectivity index (χ0v) is 10.2. The minimum atomic E-state index is 0.172. The topological polar surface area (TPSA) is 33.2 Å². The molecule has 92 valence electrons. The van der Waals surface area contributed by atoms with Crippen molar-refractivity contribution in [2.75, 3.05) is 18.0 Å². The first-order chi connectivity index (χ1) is 8.88. The molecule has 0 amide bonds. The van der Waals surface area contributed by atoms with E-state index in [0.717, 1.165) is 37.7 Å². The molecule has 0 radical (unpaired) electrons. The quantitative estimate of drug-likeness (QED) is 0.757. The Morgan fingerprint density at radius 1 is 1.28 bits per heavy atom. The fourth-order valence-corrected chi connectivity index (χ4v) is 2.70. The molecule has 0 aliphatic carbocycles. The minimum absolute atomic E-state index is 0.172. The van der Waals surface area contributed by atoms with Gasteiger partial charge in [0.15, 0.2) is 0 Å². The normalized spacial score (nSPS) is 20.0. The summed E-state index contributed by atoms with van der Waals surface area (Å²) in [7, 11) is 0. The van der Waals surface area contributed by atoms with Gasteiger partial charge in [-0.1, -0.05) is 18.2 Å². The molecule has 0 saturated carbocycles. The van der Waals surface area contributed by atoms with Gasteiger partial charge in [0.25, 0.3) is 0 Å². The van der Waals surface area contributed by atoms with E-state index in [1.807, 2.05) is 24.4 Å². The number of fused-ring (bicyclic) bond motifs is 1. The number of carbonyl (C=O) groups is 1. The molecule has 3 rings (SSSR count). The van der Waals surface area contributed by atoms with Crippen molar-refractivity contribution in [2.45, 2.75) is 12.8 Å². The van der Waals surface area contributed by atoms with Crippen molar-refractivity contribution < 1.29 is 4.79 Å². The van der Waals surface area contributed by atoms with Crippen LogP contribution in [0.25, 0.3) is 10.9 Å². The van der Waals surface area contributed by atoms with Crippen LogP contribution in [-0.4, -0.2) is 24.4 Å². The standard InChI is InChI=1S/C15H16N2O/c18-11-12-4-3-9-17(10-12)15-7-8-16-14-6-2-1-5-13(14)15/h1-2,5-8,11-12H,3-4,9-10H2. The summed E-state index contributed by atoms with van der Waals surface area (Å²) in [5.41, 5.74) is 2.22. The van der Waals surface area contributed by atoms with Crippen LogP contribution >= 0.6 is 0 Å². The van der Waals surface area contributed by atoms with E-state index in [4.69, 9.17) is 0 Å². The van der Waals surface area contributed by atoms with Crippen molar-refractivity contribution in [3.8, 4) is 0 Å². The van der Waals surface area contributed by atoms with Gasteiger partial charge in [0.2, 0.25) is 0 Å². The van der Waals surface area contributed by atoms with Crippen molar-refractivity contribution in [3.05, 3.63) is 36.5 Å². The zero-order valence-electron chi connectivity index (χ0n) is 10.2. The molecular weight excluding hydrogens is 224 g/mol. The average Bonchev–Trinajstić information content (AvgIpc) is 2.47. The van der Waals surface area contributed by atoms with Gasteiger partial charge in [0.1, 0.15) is 6.29 Å². The predicted octanol–water partition coefficient (Wildman–Crippen LogP) is 2.65. The van der Waals surface area contributed by atoms with Crippen molar-refractivity contribution in [1.82, 2.24) is 4.98 Å². The van der Waals surface area contributed by atoms with Gasteiger partial charge in [-0.2, -0.15) is 0 Å². The molecule has 2 aromatic rings. The van der Waals surface area contributed by atoms with Gasteiger partial charge < -0.3 is 9.69 Å². The number of hydrogen-bond acceptors (Lipinski definition) is 3. The first-order valence-electron chi connectivity index (χ1n) is 6.42. The Kier molecular flexibility index (Phi) is 2.97. The second-order valence-electron chi connectivity index (χ2n) is 4.83. The van der Waals surface area contributed by atoms with Crippen LogP contribution in [0, 0.1) is 5.92 Å². The molecule has 1 aliphatic rings. The lowest BCUT2D eigenvalue weighted by molar-refractivity contribution is -0.111. The number of piperidine rings is 1. The third-order valence-corrected chi connectivity index (χ3v) is 3.62. The van der Waals surface area contributed by atoms with Gasteiger partial charge in [-0.25, -0.2) is 0 Å². The smallest absolute Gasteiger partial charge is 0.124 e. The molecule has 1 aliphatic heterocycles. The molecule has 1 saturated heterocycles. The summed E-state index contributed by atoms with van der Waals surface area (Å²) in [5, 5.41) is 1.17. The predicted molar refractivity (Wildman–Crippen MR) is 72.7 cm³/mol. The fraction of sp³-hybridized carbons (Fsp3) is 0.333. The van der Waals surface area contributed by atoms with E-state index in [-0.39, 0.29) is 5.92 Å². The summed E-state index contributed by atoms with van der Waals surface area (Å²) < 4.78 is 0. The maximum absolute atomic E-state index is 11.0. The van der Waals surface area contributed by atoms with Gasteiger partial charge in [-0.15, -0.1) is 0 Å². The fourth-order valence-electron chi connectivity index (χ4n) is 2.70. The second kappa shape index (κ2) is 4.77. The highest BCUT2D eigenvalue weighted by molar-refractivity contribution is 5.91. The first kappa shape index (κ1) is 11.2. The molecule has 0 spiro atoms. The Morgan fingerprint density at radius 2 is 2.17 bits per heavy atom. The largest absolute Gasteiger partial charge is 0.370 e. The maximum atomic E-state index is 11.0. The van der Waals surface area contributed by atoms with Crippen LogP contribution in [0.2, 0.25) is 0 Å². The molecule has 0 bridgehead atoms. The van der Waals surface area contributed by atoms with E-state index >= 15 is 0 Å². The van der Waals surface area contributed by atoms with Crippen LogP contribution in [0.5, 0.6) is 0 Å². The van der Waals surface area contributed by atoms with Gasteiger partial charge in [0.05, 0.1) is 5.52 Å². The molecule has 2 heterocycles. The first-order valence-corrected chi connectivity index (χ1v) is 6.42. The third kappa shape index (κ3) is 1.96. The van der Waals surface area contributed by atoms with E-state index in [1.54, 1.807) is 0 Å². The SMILES string of the molecule is O=CC1CCCN(c2ccnc3ccccc23)C1. The van der Waals surface area contributed by atoms with Crippen molar-refractivity contribution in [3.63, 3.8) is 0 Å². The molecule has 1 atom stereocenters. The molecule has 1 fully saturated rings. The van der Waals surface area contributed by atoms with E-state index < -0.39 is 0 Å². The second-order valence-corrected chi connectivity index (χ2v) is 4.83. The van der Waals surface area contributed by atoms with E-state index in [9.17, 15) is 4.79 Å². The molecule has 1 unspecified atom stereocenters. The summed E-state index contributed by atoms with van der Waals surface area (Å²) in [6.07, 6.45) is 5.04. The molecule has 3 heteroatoms. The van der Waals surface area contributed by atoms with Crippen LogP contribution in [0.3, 0.4) is 0 Å². The maximum Gasteiger partial charge on any atom is 0.124 e. The summed E-state index contributed by atoms with van der Waals surface area (Å²) in [5.74, 6) is 0.172. The number of rotatable bonds is 2. The number of benzene rings is 1. The highest BCUT2D eigenvalue weighted by atomic mass is 16.1. The minimum Gasteiger partial charge on any atom is -0.370 e. The summed E-state index contributed by atoms with van der Waals surface area (Å²) in [4.78, 5) is 17.7. The Balaban J connectivity index is 2.00. The number of aldehydes is 1. The molecule has 3 nitrogen and oxygen atoms in total. The molecule has 1 aromatic heterocycles. The van der Waals surface area contributed by atoms with Crippen LogP contribution < -0.4 is 4.90 Å². The van der Waals surface area contributed by atoms with Crippen LogP contribution in [0.15, 0.2) is 36.5 Å². The number of para-hydroxylation sites is 1. The zero-order chi connectivity index (χ0) is 12.4. The molecule has 1 aromatic carbocycles. The number of carbonyl (C=O) groups excluding carboxylic acids is 1. The Labute approximate surface area is 106 Å². The number of hydrogen-bond donors (Lipinski definition) is 0. The lowest BCUT2D eigenvalue weighted by Gasteiger charge is -2.32. The number of nitrogens with zero attached hydrogens (tertiary/aromatic N) is 2. The highest BCUT2D eigenvalue weighted by Gasteiger charge is 2.20. The summed E-state index contributed by atoms with van der Waals surface area (Å²) >= 11 is 0. The summed E-state index contributed by atoms with van der Waals surface area (Å²) in [6.45, 7) is 1.86. The lowest BCUT2D eigenvalue weighted by atomic mass is 9.98. The Bertz CT molecular complexity index is 562. The Morgan fingerprint density at radius 3 is 3.06 bits per heavy atom. The molecule has 18 heavy (non-hydrogen) atoms. The van der Waals surface area contributed by atoms with Crippen LogP contribution in [0.1, 0.15) is 12.8 Å². The third-order valence-electron chi connectivity index (χ3n) is 3.62. The number of anilines is 1. The van der Waals surface area contributed by atoms with E-state index in [1.165, 1.54) is 11.1 Å². The molecular formula is C15H16N2O. The number of aromatic nitrogens is 1. The monoisotopic (exact) mass is 240 g/mol. The van der Waals surface area contributed by atoms with Crippen LogP contribution in [0.4, 0.5) is 5.69 Å². The van der Waals surface area contributed by atoms with Crippen molar-refractivity contribution in [2.24, 2.45) is 5.92 Å². The van der Waals surface area contributed by atoms with Crippen molar-refractivity contribution in [1.29, 1.82) is 0 Å². The number of pyridine rings is 1. The van der Waals surface area contributed by atoms with Gasteiger partial charge in [-0.3, -0.25) is 4.98 Å². The lowest BCUT2D eigenvalue weighted by Crippen LogP contribution is -2.36. The molecule has 0 N–H and O–H groups in total. The van der Waals surface area contributed by atoms with E-state index in [0.29, 0.717) is 0 Å². The highest BCUT2D eigenvalue weighted by Crippen LogP contribution is 2.28. The van der Waals surface area contributed by atoms with Gasteiger partial charge >= 0.3 is 0 Å². The van der Waals surface area contributed by atoms with E-state index in [2.05, 4.69) is 22.0 Å². The van der Waals surface area contributed by atoms with Gasteiger partial charge in [-0.05, 0) is 25.0 Å². The van der Waals surface area contributed by atoms with Gasteiger partial charge in [0, 0.05) is 36.3 Å². The van der Waals surface area contributed by atoms with Crippen molar-refractivity contribution >= 4 is 22.9 Å². The van der Waals surface area contributed by atoms with Crippen LogP contribution in [-0.2, 0) is 4.79 Å². The average molecular weight is 240 g/mol.